The highest BCUT2D eigenvalue weighted by atomic mass is 79.9. The summed E-state index contributed by atoms with van der Waals surface area (Å²) in [6.45, 7) is 0. The molecule has 0 amide bonds. The van der Waals surface area contributed by atoms with Crippen molar-refractivity contribution in [1.82, 2.24) is 0 Å². The van der Waals surface area contributed by atoms with E-state index < -0.39 is 0 Å². The maximum atomic E-state index is 10.7. The Balaban J connectivity index is 2.19. The minimum Gasteiger partial charge on any atom is -0.506 e. The van der Waals surface area contributed by atoms with Crippen LogP contribution in [-0.4, -0.2) is 5.11 Å². The number of hydrogen-bond donors (Lipinski definition) is 1. The third kappa shape index (κ3) is 1.99. The minimum atomic E-state index is 0.287. The quantitative estimate of drug-likeness (QED) is 0.438. The second-order valence-electron chi connectivity index (χ2n) is 5.33. The van der Waals surface area contributed by atoms with E-state index in [1.165, 1.54) is 5.39 Å². The molecule has 4 aromatic rings. The van der Waals surface area contributed by atoms with Crippen molar-refractivity contribution in [2.45, 2.75) is 0 Å². The monoisotopic (exact) mass is 348 g/mol. The van der Waals surface area contributed by atoms with Gasteiger partial charge in [-0.15, -0.1) is 0 Å². The summed E-state index contributed by atoms with van der Waals surface area (Å²) in [5.74, 6) is 0.287. The van der Waals surface area contributed by atoms with Crippen LogP contribution in [0.25, 0.3) is 32.7 Å². The van der Waals surface area contributed by atoms with Crippen LogP contribution in [0, 0.1) is 0 Å². The largest absolute Gasteiger partial charge is 0.506 e. The fourth-order valence-corrected chi connectivity index (χ4v) is 3.46. The number of phenolic OH excluding ortho intramolecular Hbond substituents is 1. The molecule has 2 heteroatoms. The number of phenols is 1. The Hall–Kier alpha value is -2.32. The Bertz CT molecular complexity index is 1000. The normalized spacial score (nSPS) is 11.1. The van der Waals surface area contributed by atoms with Crippen LogP contribution in [0.2, 0.25) is 0 Å². The Labute approximate surface area is 137 Å². The molecule has 0 unspecified atom stereocenters. The Morgan fingerprint density at radius 1 is 0.682 bits per heavy atom. The number of rotatable bonds is 1. The van der Waals surface area contributed by atoms with E-state index in [-0.39, 0.29) is 5.75 Å². The van der Waals surface area contributed by atoms with Crippen LogP contribution in [-0.2, 0) is 0 Å². The molecule has 0 saturated heterocycles. The Morgan fingerprint density at radius 3 is 2.14 bits per heavy atom. The first-order chi connectivity index (χ1) is 10.8. The van der Waals surface area contributed by atoms with E-state index >= 15 is 0 Å². The molecule has 1 nitrogen and oxygen atoms in total. The standard InChI is InChI=1S/C20H13BrO/c21-18-12-14-7-2-4-10-16(14)19(20(18)22)17-11-5-8-13-6-1-3-9-15(13)17/h1-12,22H. The molecule has 0 spiro atoms. The van der Waals surface area contributed by atoms with Crippen LogP contribution < -0.4 is 0 Å². The van der Waals surface area contributed by atoms with Crippen molar-refractivity contribution in [2.75, 3.05) is 0 Å². The molecule has 0 fully saturated rings. The third-order valence-electron chi connectivity index (χ3n) is 4.03. The maximum Gasteiger partial charge on any atom is 0.138 e. The second-order valence-corrected chi connectivity index (χ2v) is 6.18. The number of aromatic hydroxyl groups is 1. The summed E-state index contributed by atoms with van der Waals surface area (Å²) in [5.41, 5.74) is 1.93. The molecule has 0 aliphatic carbocycles. The molecule has 0 radical (unpaired) electrons. The highest BCUT2D eigenvalue weighted by Crippen LogP contribution is 2.43. The van der Waals surface area contributed by atoms with E-state index in [1.807, 2.05) is 36.4 Å². The molecule has 1 N–H and O–H groups in total. The zero-order valence-electron chi connectivity index (χ0n) is 11.8. The first-order valence-electron chi connectivity index (χ1n) is 7.14. The van der Waals surface area contributed by atoms with E-state index in [0.29, 0.717) is 4.47 Å². The lowest BCUT2D eigenvalue weighted by Gasteiger charge is -2.13. The van der Waals surface area contributed by atoms with Gasteiger partial charge >= 0.3 is 0 Å². The van der Waals surface area contributed by atoms with Gasteiger partial charge in [0, 0.05) is 5.56 Å². The van der Waals surface area contributed by atoms with Crippen LogP contribution in [0.1, 0.15) is 0 Å². The number of hydrogen-bond acceptors (Lipinski definition) is 1. The van der Waals surface area contributed by atoms with Gasteiger partial charge in [0.2, 0.25) is 0 Å². The Morgan fingerprint density at radius 2 is 1.32 bits per heavy atom. The summed E-state index contributed by atoms with van der Waals surface area (Å²) >= 11 is 3.48. The molecule has 106 valence electrons. The lowest BCUT2D eigenvalue weighted by atomic mass is 9.93. The van der Waals surface area contributed by atoms with Crippen molar-refractivity contribution in [3.05, 3.63) is 77.3 Å². The molecule has 0 aliphatic rings. The molecule has 0 saturated carbocycles. The molecule has 0 aliphatic heterocycles. The lowest BCUT2D eigenvalue weighted by Crippen LogP contribution is -1.86. The Kier molecular flexibility index (Phi) is 3.12. The summed E-state index contributed by atoms with van der Waals surface area (Å²) in [6, 6.07) is 24.5. The van der Waals surface area contributed by atoms with Crippen molar-refractivity contribution in [3.63, 3.8) is 0 Å². The fraction of sp³-hybridized carbons (Fsp3) is 0. The fourth-order valence-electron chi connectivity index (χ4n) is 3.02. The average Bonchev–Trinajstić information content (AvgIpc) is 2.56. The molecule has 4 rings (SSSR count). The van der Waals surface area contributed by atoms with Gasteiger partial charge in [-0.3, -0.25) is 0 Å². The zero-order chi connectivity index (χ0) is 15.1. The summed E-state index contributed by atoms with van der Waals surface area (Å²) in [4.78, 5) is 0. The number of benzene rings is 4. The van der Waals surface area contributed by atoms with Gasteiger partial charge < -0.3 is 5.11 Å². The zero-order valence-corrected chi connectivity index (χ0v) is 13.3. The van der Waals surface area contributed by atoms with E-state index in [0.717, 1.165) is 27.3 Å². The van der Waals surface area contributed by atoms with Gasteiger partial charge in [-0.25, -0.2) is 0 Å². The highest BCUT2D eigenvalue weighted by Gasteiger charge is 2.15. The van der Waals surface area contributed by atoms with E-state index in [9.17, 15) is 5.11 Å². The predicted molar refractivity (Wildman–Crippen MR) is 96.3 cm³/mol. The summed E-state index contributed by atoms with van der Waals surface area (Å²) in [7, 11) is 0. The van der Waals surface area contributed by atoms with Crippen molar-refractivity contribution < 1.29 is 5.11 Å². The maximum absolute atomic E-state index is 10.7. The van der Waals surface area contributed by atoms with Crippen molar-refractivity contribution in [2.24, 2.45) is 0 Å². The second kappa shape index (κ2) is 5.15. The predicted octanol–water partition coefficient (Wildman–Crippen LogP) is 6.13. The van der Waals surface area contributed by atoms with Crippen molar-refractivity contribution in [1.29, 1.82) is 0 Å². The van der Waals surface area contributed by atoms with E-state index in [1.54, 1.807) is 0 Å². The van der Waals surface area contributed by atoms with Gasteiger partial charge in [0.25, 0.3) is 0 Å². The van der Waals surface area contributed by atoms with Crippen LogP contribution in [0.4, 0.5) is 0 Å². The van der Waals surface area contributed by atoms with Gasteiger partial charge in [0.1, 0.15) is 5.75 Å². The SMILES string of the molecule is Oc1c(Br)cc2ccccc2c1-c1cccc2ccccc12. The van der Waals surface area contributed by atoms with Gasteiger partial charge in [0.15, 0.2) is 0 Å². The summed E-state index contributed by atoms with van der Waals surface area (Å²) in [5, 5.41) is 15.1. The van der Waals surface area contributed by atoms with E-state index in [4.69, 9.17) is 0 Å². The van der Waals surface area contributed by atoms with Gasteiger partial charge in [-0.1, -0.05) is 66.7 Å². The average molecular weight is 349 g/mol. The summed E-state index contributed by atoms with van der Waals surface area (Å²) < 4.78 is 0.717. The van der Waals surface area contributed by atoms with Crippen LogP contribution in [0.5, 0.6) is 5.75 Å². The van der Waals surface area contributed by atoms with E-state index in [2.05, 4.69) is 52.3 Å². The molecule has 0 heterocycles. The van der Waals surface area contributed by atoms with Crippen LogP contribution in [0.3, 0.4) is 0 Å². The van der Waals surface area contributed by atoms with Gasteiger partial charge in [0.05, 0.1) is 4.47 Å². The first-order valence-corrected chi connectivity index (χ1v) is 7.93. The van der Waals surface area contributed by atoms with Gasteiger partial charge in [-0.05, 0) is 49.1 Å². The molecule has 0 aromatic heterocycles. The first kappa shape index (κ1) is 13.4. The molecule has 22 heavy (non-hydrogen) atoms. The molecular weight excluding hydrogens is 336 g/mol. The number of fused-ring (bicyclic) bond motifs is 2. The van der Waals surface area contributed by atoms with Crippen LogP contribution in [0.15, 0.2) is 77.3 Å². The smallest absolute Gasteiger partial charge is 0.138 e. The summed E-state index contributed by atoms with van der Waals surface area (Å²) in [6.07, 6.45) is 0. The highest BCUT2D eigenvalue weighted by molar-refractivity contribution is 9.10. The molecular formula is C20H13BrO. The lowest BCUT2D eigenvalue weighted by molar-refractivity contribution is 0.475. The molecule has 4 aromatic carbocycles. The van der Waals surface area contributed by atoms with Crippen molar-refractivity contribution in [3.8, 4) is 16.9 Å². The minimum absolute atomic E-state index is 0.287. The van der Waals surface area contributed by atoms with Crippen molar-refractivity contribution >= 4 is 37.5 Å². The topological polar surface area (TPSA) is 20.2 Å². The van der Waals surface area contributed by atoms with Gasteiger partial charge in [-0.2, -0.15) is 0 Å². The molecule has 0 atom stereocenters. The molecule has 0 bridgehead atoms. The third-order valence-corrected chi connectivity index (χ3v) is 4.64. The van der Waals surface area contributed by atoms with Crippen LogP contribution >= 0.6 is 15.9 Å². The number of halogens is 1.